The molecule has 0 saturated carbocycles. The van der Waals surface area contributed by atoms with E-state index >= 15 is 0 Å². The van der Waals surface area contributed by atoms with E-state index < -0.39 is 16.8 Å². The molecule has 1 aromatic heterocycles. The molecule has 0 aromatic carbocycles. The van der Waals surface area contributed by atoms with Gasteiger partial charge in [0.1, 0.15) is 0 Å². The average Bonchev–Trinajstić information content (AvgIpc) is 2.78. The summed E-state index contributed by atoms with van der Waals surface area (Å²) in [6.07, 6.45) is 0.0652. The van der Waals surface area contributed by atoms with Gasteiger partial charge >= 0.3 is 11.0 Å². The maximum atomic E-state index is 11.5. The Morgan fingerprint density at radius 1 is 1.53 bits per heavy atom. The number of nitrogens with one attached hydrogen (secondary N) is 1. The van der Waals surface area contributed by atoms with Crippen LogP contribution in [-0.4, -0.2) is 30.5 Å². The number of nitrogens with zero attached hydrogens (tertiary/aromatic N) is 1. The van der Waals surface area contributed by atoms with Gasteiger partial charge in [0.25, 0.3) is 5.91 Å². The second-order valence-corrected chi connectivity index (χ2v) is 4.04. The van der Waals surface area contributed by atoms with Crippen LogP contribution in [0.3, 0.4) is 0 Å². The molecule has 0 radical (unpaired) electrons. The first-order valence-electron chi connectivity index (χ1n) is 4.64. The van der Waals surface area contributed by atoms with Gasteiger partial charge in [-0.3, -0.25) is 19.7 Å². The van der Waals surface area contributed by atoms with Crippen LogP contribution in [0.15, 0.2) is 12.1 Å². The molecule has 1 N–H and O–H groups in total. The van der Waals surface area contributed by atoms with Gasteiger partial charge in [-0.15, -0.1) is 0 Å². The van der Waals surface area contributed by atoms with Crippen LogP contribution in [0.2, 0.25) is 0 Å². The lowest BCUT2D eigenvalue weighted by Gasteiger charge is -2.01. The van der Waals surface area contributed by atoms with E-state index in [1.165, 1.54) is 19.2 Å². The Hall–Kier alpha value is -1.96. The van der Waals surface area contributed by atoms with Crippen LogP contribution in [0.1, 0.15) is 16.1 Å². The Labute approximate surface area is 101 Å². The van der Waals surface area contributed by atoms with Crippen LogP contribution >= 0.6 is 11.3 Å². The Bertz CT molecular complexity index is 442. The second kappa shape index (κ2) is 5.94. The van der Waals surface area contributed by atoms with Crippen molar-refractivity contribution in [1.29, 1.82) is 0 Å². The molecule has 0 bridgehead atoms. The van der Waals surface area contributed by atoms with Crippen LogP contribution in [0.4, 0.5) is 5.00 Å². The molecule has 92 valence electrons. The zero-order valence-electron chi connectivity index (χ0n) is 8.97. The van der Waals surface area contributed by atoms with E-state index in [1.807, 2.05) is 0 Å². The number of methoxy groups -OCH3 is 1. The standard InChI is InChI=1S/C9H10N2O5S/c1-16-8(12)4-5-10-9(13)6-2-3-7(17-6)11(14)15/h2-3H,4-5H2,1H3,(H,10,13). The van der Waals surface area contributed by atoms with Gasteiger partial charge in [0, 0.05) is 12.6 Å². The number of amides is 1. The van der Waals surface area contributed by atoms with Crippen molar-refractivity contribution < 1.29 is 19.2 Å². The molecule has 1 aromatic rings. The first kappa shape index (κ1) is 13.1. The van der Waals surface area contributed by atoms with E-state index in [4.69, 9.17) is 0 Å². The minimum atomic E-state index is -0.560. The third-order valence-corrected chi connectivity index (χ3v) is 2.87. The molecular weight excluding hydrogens is 248 g/mol. The first-order chi connectivity index (χ1) is 8.04. The molecule has 0 unspecified atom stereocenters. The highest BCUT2D eigenvalue weighted by atomic mass is 32.1. The number of hydrogen-bond donors (Lipinski definition) is 1. The largest absolute Gasteiger partial charge is 0.469 e. The van der Waals surface area contributed by atoms with E-state index in [9.17, 15) is 19.7 Å². The number of nitro groups is 1. The number of carbonyl (C=O) groups excluding carboxylic acids is 2. The summed E-state index contributed by atoms with van der Waals surface area (Å²) in [5, 5.41) is 12.8. The highest BCUT2D eigenvalue weighted by molar-refractivity contribution is 7.17. The Morgan fingerprint density at radius 2 is 2.24 bits per heavy atom. The molecule has 0 saturated heterocycles. The Morgan fingerprint density at radius 3 is 2.76 bits per heavy atom. The lowest BCUT2D eigenvalue weighted by atomic mass is 10.4. The quantitative estimate of drug-likeness (QED) is 0.481. The summed E-state index contributed by atoms with van der Waals surface area (Å²) >= 11 is 0.786. The smallest absolute Gasteiger partial charge is 0.324 e. The molecule has 1 amide bonds. The lowest BCUT2D eigenvalue weighted by molar-refractivity contribution is -0.380. The molecule has 0 aliphatic rings. The number of rotatable bonds is 5. The number of thiophene rings is 1. The van der Waals surface area contributed by atoms with Crippen molar-refractivity contribution >= 4 is 28.2 Å². The van der Waals surface area contributed by atoms with Crippen LogP contribution in [0.25, 0.3) is 0 Å². The van der Waals surface area contributed by atoms with Gasteiger partial charge in [0.05, 0.1) is 23.3 Å². The van der Waals surface area contributed by atoms with Crippen molar-refractivity contribution in [3.05, 3.63) is 27.1 Å². The zero-order valence-corrected chi connectivity index (χ0v) is 9.78. The third kappa shape index (κ3) is 3.83. The average molecular weight is 258 g/mol. The SMILES string of the molecule is COC(=O)CCNC(=O)c1ccc([N+](=O)[O-])s1. The van der Waals surface area contributed by atoms with Gasteiger partial charge in [-0.1, -0.05) is 11.3 Å². The topological polar surface area (TPSA) is 98.5 Å². The minimum absolute atomic E-state index is 0.0652. The second-order valence-electron chi connectivity index (χ2n) is 2.98. The maximum absolute atomic E-state index is 11.5. The monoisotopic (exact) mass is 258 g/mol. The van der Waals surface area contributed by atoms with Crippen LogP contribution in [-0.2, 0) is 9.53 Å². The predicted molar refractivity (Wildman–Crippen MR) is 59.9 cm³/mol. The summed E-state index contributed by atoms with van der Waals surface area (Å²) in [5.74, 6) is -0.866. The molecule has 0 aliphatic carbocycles. The molecular formula is C9H10N2O5S. The normalized spacial score (nSPS) is 9.71. The van der Waals surface area contributed by atoms with Crippen LogP contribution < -0.4 is 5.32 Å². The molecule has 1 rings (SSSR count). The highest BCUT2D eigenvalue weighted by Crippen LogP contribution is 2.23. The van der Waals surface area contributed by atoms with Crippen molar-refractivity contribution in [1.82, 2.24) is 5.32 Å². The zero-order chi connectivity index (χ0) is 12.8. The van der Waals surface area contributed by atoms with Gasteiger partial charge in [0.15, 0.2) is 0 Å². The molecule has 7 nitrogen and oxygen atoms in total. The molecule has 0 fully saturated rings. The van der Waals surface area contributed by atoms with E-state index in [0.29, 0.717) is 0 Å². The van der Waals surface area contributed by atoms with Gasteiger partial charge in [-0.25, -0.2) is 0 Å². The van der Waals surface area contributed by atoms with Gasteiger partial charge in [-0.05, 0) is 6.07 Å². The number of carbonyl (C=O) groups is 2. The molecule has 17 heavy (non-hydrogen) atoms. The highest BCUT2D eigenvalue weighted by Gasteiger charge is 2.15. The Kier molecular flexibility index (Phi) is 4.58. The fourth-order valence-corrected chi connectivity index (χ4v) is 1.75. The minimum Gasteiger partial charge on any atom is -0.469 e. The maximum Gasteiger partial charge on any atom is 0.324 e. The summed E-state index contributed by atoms with van der Waals surface area (Å²) in [7, 11) is 1.26. The van der Waals surface area contributed by atoms with Crippen LogP contribution in [0.5, 0.6) is 0 Å². The molecule has 0 spiro atoms. The Balaban J connectivity index is 2.47. The van der Waals surface area contributed by atoms with Crippen molar-refractivity contribution in [2.24, 2.45) is 0 Å². The van der Waals surface area contributed by atoms with Crippen molar-refractivity contribution in [2.75, 3.05) is 13.7 Å². The van der Waals surface area contributed by atoms with E-state index in [1.54, 1.807) is 0 Å². The fraction of sp³-hybridized carbons (Fsp3) is 0.333. The first-order valence-corrected chi connectivity index (χ1v) is 5.45. The summed E-state index contributed by atoms with van der Waals surface area (Å²) in [6.45, 7) is 0.136. The summed E-state index contributed by atoms with van der Waals surface area (Å²) in [6, 6.07) is 2.64. The van der Waals surface area contributed by atoms with Crippen LogP contribution in [0, 0.1) is 10.1 Å². The number of esters is 1. The van der Waals surface area contributed by atoms with Crippen molar-refractivity contribution in [3.8, 4) is 0 Å². The van der Waals surface area contributed by atoms with Gasteiger partial charge < -0.3 is 10.1 Å². The lowest BCUT2D eigenvalue weighted by Crippen LogP contribution is -2.25. The predicted octanol–water partition coefficient (Wildman–Crippen LogP) is 0.949. The van der Waals surface area contributed by atoms with Crippen molar-refractivity contribution in [2.45, 2.75) is 6.42 Å². The third-order valence-electron chi connectivity index (χ3n) is 1.84. The molecule has 0 aliphatic heterocycles. The molecule has 8 heteroatoms. The van der Waals surface area contributed by atoms with Gasteiger partial charge in [-0.2, -0.15) is 0 Å². The van der Waals surface area contributed by atoms with E-state index in [2.05, 4.69) is 10.1 Å². The number of ether oxygens (including phenoxy) is 1. The van der Waals surface area contributed by atoms with E-state index in [0.717, 1.165) is 11.3 Å². The van der Waals surface area contributed by atoms with E-state index in [-0.39, 0.29) is 22.8 Å². The van der Waals surface area contributed by atoms with Gasteiger partial charge in [0.2, 0.25) is 0 Å². The molecule has 0 atom stereocenters. The fourth-order valence-electron chi connectivity index (χ4n) is 1.02. The summed E-state index contributed by atoms with van der Waals surface area (Å²) < 4.78 is 4.40. The number of hydrogen-bond acceptors (Lipinski definition) is 6. The summed E-state index contributed by atoms with van der Waals surface area (Å²) in [5.41, 5.74) is 0. The molecule has 1 heterocycles. The van der Waals surface area contributed by atoms with Crippen molar-refractivity contribution in [3.63, 3.8) is 0 Å². The summed E-state index contributed by atoms with van der Waals surface area (Å²) in [4.78, 5) is 32.3.